The van der Waals surface area contributed by atoms with Crippen LogP contribution >= 0.6 is 0 Å². The van der Waals surface area contributed by atoms with E-state index in [0.717, 1.165) is 42.5 Å². The van der Waals surface area contributed by atoms with E-state index in [4.69, 9.17) is 0 Å². The van der Waals surface area contributed by atoms with Crippen LogP contribution in [-0.2, 0) is 18.4 Å². The normalized spacial score (nSPS) is 18.9. The van der Waals surface area contributed by atoms with Crippen LogP contribution in [0.4, 0.5) is 5.82 Å². The van der Waals surface area contributed by atoms with E-state index in [-0.39, 0.29) is 17.7 Å². The zero-order valence-corrected chi connectivity index (χ0v) is 20.2. The number of hydrogen-bond donors (Lipinski definition) is 2. The van der Waals surface area contributed by atoms with Gasteiger partial charge >= 0.3 is 0 Å². The zero-order chi connectivity index (χ0) is 24.2. The first-order valence-corrected chi connectivity index (χ1v) is 11.8. The molecular formula is C24H32N8O2. The van der Waals surface area contributed by atoms with Crippen LogP contribution in [0.15, 0.2) is 30.7 Å². The largest absolute Gasteiger partial charge is 0.339 e. The second-order valence-corrected chi connectivity index (χ2v) is 9.13. The summed E-state index contributed by atoms with van der Waals surface area (Å²) >= 11 is 0. The molecule has 2 amide bonds. The fraction of sp³-hybridized carbons (Fsp3) is 0.500. The molecule has 0 spiro atoms. The number of hydrogen-bond acceptors (Lipinski definition) is 6. The summed E-state index contributed by atoms with van der Waals surface area (Å²) in [7, 11) is 1.89. The van der Waals surface area contributed by atoms with Gasteiger partial charge in [-0.3, -0.25) is 14.3 Å². The lowest BCUT2D eigenvalue weighted by Gasteiger charge is -2.32. The van der Waals surface area contributed by atoms with Crippen molar-refractivity contribution in [2.24, 2.45) is 18.9 Å². The molecule has 0 radical (unpaired) electrons. The molecule has 3 heterocycles. The molecule has 1 fully saturated rings. The Morgan fingerprint density at radius 3 is 2.53 bits per heavy atom. The topological polar surface area (TPSA) is 120 Å². The number of aromatic nitrogens is 6. The smallest absolute Gasteiger partial charge is 0.271 e. The predicted octanol–water partition coefficient (Wildman–Crippen LogP) is 2.97. The van der Waals surface area contributed by atoms with Gasteiger partial charge in [-0.25, -0.2) is 9.67 Å². The van der Waals surface area contributed by atoms with Crippen LogP contribution in [0.3, 0.4) is 0 Å². The van der Waals surface area contributed by atoms with Crippen molar-refractivity contribution in [3.63, 3.8) is 0 Å². The van der Waals surface area contributed by atoms with Crippen molar-refractivity contribution in [1.29, 1.82) is 0 Å². The fourth-order valence-corrected chi connectivity index (χ4v) is 4.67. The highest BCUT2D eigenvalue weighted by Crippen LogP contribution is 2.31. The van der Waals surface area contributed by atoms with Gasteiger partial charge in [-0.15, -0.1) is 5.10 Å². The number of carbonyl (C=O) groups excluding carboxylic acids is 2. The van der Waals surface area contributed by atoms with Gasteiger partial charge in [0.2, 0.25) is 5.91 Å². The monoisotopic (exact) mass is 464 g/mol. The molecule has 4 rings (SSSR count). The SMILES string of the molecule is CCn1nncc1C(=O)NC(C(=O)Nc1ccc(-c2c(C)cnn2C)cn1)C1CCC(C)CC1. The summed E-state index contributed by atoms with van der Waals surface area (Å²) < 4.78 is 3.32. The lowest BCUT2D eigenvalue weighted by molar-refractivity contribution is -0.119. The quantitative estimate of drug-likeness (QED) is 0.555. The molecule has 1 saturated carbocycles. The van der Waals surface area contributed by atoms with E-state index in [2.05, 4.69) is 38.0 Å². The second kappa shape index (κ2) is 10.1. The fourth-order valence-electron chi connectivity index (χ4n) is 4.67. The van der Waals surface area contributed by atoms with Crippen molar-refractivity contribution in [2.45, 2.75) is 59.0 Å². The average Bonchev–Trinajstić information content (AvgIpc) is 3.45. The van der Waals surface area contributed by atoms with Crippen molar-refractivity contribution in [2.75, 3.05) is 5.32 Å². The van der Waals surface area contributed by atoms with Gasteiger partial charge in [0.1, 0.15) is 17.6 Å². The minimum atomic E-state index is -0.666. The molecule has 34 heavy (non-hydrogen) atoms. The van der Waals surface area contributed by atoms with E-state index in [1.54, 1.807) is 16.9 Å². The summed E-state index contributed by atoms with van der Waals surface area (Å²) in [6.07, 6.45) is 8.81. The standard InChI is InChI=1S/C24H32N8O2/c1-5-32-19(14-26-30-32)23(33)29-21(17-8-6-15(2)7-9-17)24(34)28-20-11-10-18(13-25-20)22-16(3)12-27-31(22)4/h10-15,17,21H,5-9H2,1-4H3,(H,29,33)(H,25,28,34). The van der Waals surface area contributed by atoms with Crippen molar-refractivity contribution in [1.82, 2.24) is 35.1 Å². The molecule has 180 valence electrons. The van der Waals surface area contributed by atoms with Gasteiger partial charge < -0.3 is 10.6 Å². The summed E-state index contributed by atoms with van der Waals surface area (Å²) in [5.41, 5.74) is 3.30. The molecular weight excluding hydrogens is 432 g/mol. The minimum absolute atomic E-state index is 0.0578. The summed E-state index contributed by atoms with van der Waals surface area (Å²) in [4.78, 5) is 30.8. The molecule has 0 aromatic carbocycles. The van der Waals surface area contributed by atoms with Gasteiger partial charge in [0.05, 0.1) is 18.1 Å². The van der Waals surface area contributed by atoms with E-state index in [1.807, 2.05) is 33.2 Å². The third-order valence-electron chi connectivity index (χ3n) is 6.66. The second-order valence-electron chi connectivity index (χ2n) is 9.13. The molecule has 1 aliphatic carbocycles. The van der Waals surface area contributed by atoms with Crippen LogP contribution in [0.25, 0.3) is 11.3 Å². The highest BCUT2D eigenvalue weighted by Gasteiger charge is 2.33. The van der Waals surface area contributed by atoms with E-state index in [1.165, 1.54) is 10.9 Å². The van der Waals surface area contributed by atoms with Gasteiger partial charge in [0, 0.05) is 25.4 Å². The molecule has 1 aliphatic rings. The lowest BCUT2D eigenvalue weighted by Crippen LogP contribution is -2.49. The highest BCUT2D eigenvalue weighted by atomic mass is 16.2. The summed E-state index contributed by atoms with van der Waals surface area (Å²) in [6, 6.07) is 3.02. The first kappa shape index (κ1) is 23.6. The Morgan fingerprint density at radius 1 is 1.15 bits per heavy atom. The van der Waals surface area contributed by atoms with Crippen molar-refractivity contribution in [3.8, 4) is 11.3 Å². The molecule has 0 bridgehead atoms. The van der Waals surface area contributed by atoms with Crippen molar-refractivity contribution < 1.29 is 9.59 Å². The first-order valence-electron chi connectivity index (χ1n) is 11.8. The van der Waals surface area contributed by atoms with Crippen LogP contribution in [0.2, 0.25) is 0 Å². The molecule has 3 aromatic heterocycles. The number of nitrogens with one attached hydrogen (secondary N) is 2. The zero-order valence-electron chi connectivity index (χ0n) is 20.2. The molecule has 3 aromatic rings. The van der Waals surface area contributed by atoms with Crippen molar-refractivity contribution in [3.05, 3.63) is 42.0 Å². The van der Waals surface area contributed by atoms with E-state index in [0.29, 0.717) is 24.0 Å². The third-order valence-corrected chi connectivity index (χ3v) is 6.66. The first-order chi connectivity index (χ1) is 16.4. The lowest BCUT2D eigenvalue weighted by atomic mass is 9.79. The molecule has 1 unspecified atom stereocenters. The number of pyridine rings is 1. The molecule has 1 atom stereocenters. The molecule has 10 nitrogen and oxygen atoms in total. The molecule has 10 heteroatoms. The van der Waals surface area contributed by atoms with Crippen LogP contribution in [0.5, 0.6) is 0 Å². The number of aryl methyl sites for hydroxylation is 3. The van der Waals surface area contributed by atoms with E-state index >= 15 is 0 Å². The highest BCUT2D eigenvalue weighted by molar-refractivity contribution is 6.00. The van der Waals surface area contributed by atoms with Crippen molar-refractivity contribution >= 4 is 17.6 Å². The third kappa shape index (κ3) is 5.00. The number of nitrogens with zero attached hydrogens (tertiary/aromatic N) is 6. The Morgan fingerprint density at radius 2 is 1.91 bits per heavy atom. The van der Waals surface area contributed by atoms with Crippen LogP contribution in [0, 0.1) is 18.8 Å². The Balaban J connectivity index is 1.51. The Hall–Kier alpha value is -3.56. The van der Waals surface area contributed by atoms with Gasteiger partial charge in [-0.1, -0.05) is 25.0 Å². The van der Waals surface area contributed by atoms with E-state index < -0.39 is 6.04 Å². The molecule has 0 aliphatic heterocycles. The number of rotatable bonds is 7. The maximum atomic E-state index is 13.4. The molecule has 2 N–H and O–H groups in total. The predicted molar refractivity (Wildman–Crippen MR) is 128 cm³/mol. The summed E-state index contributed by atoms with van der Waals surface area (Å²) in [5.74, 6) is 0.520. The maximum Gasteiger partial charge on any atom is 0.271 e. The Bertz CT molecular complexity index is 1120. The van der Waals surface area contributed by atoms with Crippen LogP contribution in [-0.4, -0.2) is 47.6 Å². The Kier molecular flexibility index (Phi) is 7.04. The van der Waals surface area contributed by atoms with Gasteiger partial charge in [0.25, 0.3) is 5.91 Å². The van der Waals surface area contributed by atoms with Crippen LogP contribution in [0.1, 0.15) is 55.6 Å². The van der Waals surface area contributed by atoms with Crippen LogP contribution < -0.4 is 10.6 Å². The number of amides is 2. The number of anilines is 1. The minimum Gasteiger partial charge on any atom is -0.339 e. The maximum absolute atomic E-state index is 13.4. The number of carbonyl (C=O) groups is 2. The van der Waals surface area contributed by atoms with Gasteiger partial charge in [-0.05, 0) is 56.2 Å². The summed E-state index contributed by atoms with van der Waals surface area (Å²) in [6.45, 7) is 6.63. The van der Waals surface area contributed by atoms with E-state index in [9.17, 15) is 9.59 Å². The average molecular weight is 465 g/mol. The molecule has 0 saturated heterocycles. The van der Waals surface area contributed by atoms with Gasteiger partial charge in [0.15, 0.2) is 0 Å². The summed E-state index contributed by atoms with van der Waals surface area (Å²) in [5, 5.41) is 17.9. The van der Waals surface area contributed by atoms with Gasteiger partial charge in [-0.2, -0.15) is 5.10 Å². The Labute approximate surface area is 199 Å².